The quantitative estimate of drug-likeness (QED) is 0.841. The molecule has 1 aromatic rings. The minimum Gasteiger partial charge on any atom is -0.352 e. The third-order valence-corrected chi connectivity index (χ3v) is 4.19. The van der Waals surface area contributed by atoms with Crippen LogP contribution in [0.5, 0.6) is 0 Å². The smallest absolute Gasteiger partial charge is 0.251 e. The Bertz CT molecular complexity index is 426. The highest BCUT2D eigenvalue weighted by molar-refractivity contribution is 9.10. The third-order valence-electron chi connectivity index (χ3n) is 2.39. The Morgan fingerprint density at radius 3 is 2.94 bits per heavy atom. The van der Waals surface area contributed by atoms with E-state index in [9.17, 15) is 9.00 Å². The van der Waals surface area contributed by atoms with Gasteiger partial charge in [-0.05, 0) is 34.5 Å². The van der Waals surface area contributed by atoms with E-state index in [1.807, 2.05) is 6.92 Å². The average Bonchev–Trinajstić information content (AvgIpc) is 2.28. The minimum atomic E-state index is -0.842. The molecule has 94 valence electrons. The van der Waals surface area contributed by atoms with Gasteiger partial charge in [-0.2, -0.15) is 0 Å². The Morgan fingerprint density at radius 1 is 1.65 bits per heavy atom. The van der Waals surface area contributed by atoms with Gasteiger partial charge in [-0.25, -0.2) is 4.98 Å². The Hall–Kier alpha value is -0.750. The van der Waals surface area contributed by atoms with Crippen molar-refractivity contribution < 1.29 is 9.00 Å². The summed E-state index contributed by atoms with van der Waals surface area (Å²) in [5, 5.41) is 2.89. The van der Waals surface area contributed by atoms with Crippen LogP contribution in [0.1, 0.15) is 23.7 Å². The molecule has 4 nitrogen and oxygen atoms in total. The third kappa shape index (κ3) is 4.95. The zero-order valence-corrected chi connectivity index (χ0v) is 12.2. The van der Waals surface area contributed by atoms with Crippen LogP contribution in [0.2, 0.25) is 0 Å². The Labute approximate surface area is 112 Å². The van der Waals surface area contributed by atoms with Crippen molar-refractivity contribution in [1.82, 2.24) is 10.3 Å². The van der Waals surface area contributed by atoms with E-state index in [1.54, 1.807) is 24.6 Å². The molecule has 0 fully saturated rings. The fourth-order valence-corrected chi connectivity index (χ4v) is 2.02. The highest BCUT2D eigenvalue weighted by Gasteiger charge is 2.08. The van der Waals surface area contributed by atoms with Gasteiger partial charge in [0.05, 0.1) is 0 Å². The predicted molar refractivity (Wildman–Crippen MR) is 72.4 cm³/mol. The molecule has 0 aliphatic carbocycles. The number of hydrogen-bond donors (Lipinski definition) is 1. The normalized spacial score (nSPS) is 14.1. The lowest BCUT2D eigenvalue weighted by Crippen LogP contribution is -2.27. The number of carbonyl (C=O) groups is 1. The summed E-state index contributed by atoms with van der Waals surface area (Å²) >= 11 is 3.21. The fraction of sp³-hybridized carbons (Fsp3) is 0.455. The highest BCUT2D eigenvalue weighted by atomic mass is 79.9. The molecule has 0 bridgehead atoms. The van der Waals surface area contributed by atoms with Crippen LogP contribution < -0.4 is 5.32 Å². The summed E-state index contributed by atoms with van der Waals surface area (Å²) in [5.41, 5.74) is 0.567. The van der Waals surface area contributed by atoms with Crippen LogP contribution >= 0.6 is 15.9 Å². The molecule has 0 radical (unpaired) electrons. The Morgan fingerprint density at radius 2 is 2.35 bits per heavy atom. The first-order valence-electron chi connectivity index (χ1n) is 5.22. The van der Waals surface area contributed by atoms with Gasteiger partial charge in [-0.1, -0.05) is 6.92 Å². The van der Waals surface area contributed by atoms with Crippen LogP contribution in [0.15, 0.2) is 22.9 Å². The lowest BCUT2D eigenvalue weighted by molar-refractivity contribution is 0.0953. The number of hydrogen-bond acceptors (Lipinski definition) is 3. The maximum absolute atomic E-state index is 11.7. The van der Waals surface area contributed by atoms with Gasteiger partial charge in [0.25, 0.3) is 5.91 Å². The number of carbonyl (C=O) groups excluding carboxylic acids is 1. The molecule has 0 aliphatic rings. The molecule has 1 N–H and O–H groups in total. The molecule has 0 spiro atoms. The van der Waals surface area contributed by atoms with Gasteiger partial charge in [0, 0.05) is 40.6 Å². The maximum atomic E-state index is 11.7. The summed E-state index contributed by atoms with van der Waals surface area (Å²) in [6.07, 6.45) is 3.95. The van der Waals surface area contributed by atoms with Crippen LogP contribution in [0, 0.1) is 0 Å². The monoisotopic (exact) mass is 318 g/mol. The van der Waals surface area contributed by atoms with Crippen molar-refractivity contribution in [2.45, 2.75) is 18.6 Å². The molecule has 0 saturated carbocycles. The van der Waals surface area contributed by atoms with Gasteiger partial charge < -0.3 is 5.32 Å². The molecule has 17 heavy (non-hydrogen) atoms. The first kappa shape index (κ1) is 14.3. The summed E-state index contributed by atoms with van der Waals surface area (Å²) in [4.78, 5) is 15.7. The van der Waals surface area contributed by atoms with Crippen LogP contribution in [0.3, 0.4) is 0 Å². The fourth-order valence-electron chi connectivity index (χ4n) is 1.20. The number of pyridine rings is 1. The van der Waals surface area contributed by atoms with Crippen molar-refractivity contribution in [3.8, 4) is 0 Å². The highest BCUT2D eigenvalue weighted by Crippen LogP contribution is 2.07. The van der Waals surface area contributed by atoms with E-state index < -0.39 is 10.8 Å². The lowest BCUT2D eigenvalue weighted by Gasteiger charge is -2.09. The van der Waals surface area contributed by atoms with Crippen LogP contribution in [-0.4, -0.2) is 33.2 Å². The number of amides is 1. The molecule has 6 heteroatoms. The lowest BCUT2D eigenvalue weighted by atomic mass is 10.2. The molecule has 1 rings (SSSR count). The summed E-state index contributed by atoms with van der Waals surface area (Å²) in [5.74, 6) is -0.137. The van der Waals surface area contributed by atoms with Gasteiger partial charge >= 0.3 is 0 Å². The predicted octanol–water partition coefficient (Wildman–Crippen LogP) is 1.73. The second-order valence-corrected chi connectivity index (χ2v) is 6.34. The van der Waals surface area contributed by atoms with Gasteiger partial charge in [-0.15, -0.1) is 0 Å². The number of halogens is 1. The molecular formula is C11H15BrN2O2S. The van der Waals surface area contributed by atoms with Crippen molar-refractivity contribution in [1.29, 1.82) is 0 Å². The van der Waals surface area contributed by atoms with E-state index in [4.69, 9.17) is 0 Å². The van der Waals surface area contributed by atoms with E-state index in [-0.39, 0.29) is 11.2 Å². The number of aromatic nitrogens is 1. The van der Waals surface area contributed by atoms with Gasteiger partial charge in [0.2, 0.25) is 0 Å². The van der Waals surface area contributed by atoms with Crippen molar-refractivity contribution in [2.75, 3.05) is 12.8 Å². The van der Waals surface area contributed by atoms with Gasteiger partial charge in [0.1, 0.15) is 4.60 Å². The van der Waals surface area contributed by atoms with E-state index in [2.05, 4.69) is 26.2 Å². The molecule has 1 heterocycles. The van der Waals surface area contributed by atoms with Crippen LogP contribution in [-0.2, 0) is 10.8 Å². The maximum Gasteiger partial charge on any atom is 0.251 e. The number of nitrogens with one attached hydrogen (secondary N) is 1. The van der Waals surface area contributed by atoms with E-state index in [1.165, 1.54) is 0 Å². The molecule has 0 saturated heterocycles. The summed E-state index contributed by atoms with van der Waals surface area (Å²) < 4.78 is 11.8. The summed E-state index contributed by atoms with van der Waals surface area (Å²) in [6.45, 7) is 2.44. The zero-order valence-electron chi connectivity index (χ0n) is 9.77. The first-order chi connectivity index (χ1) is 8.00. The second kappa shape index (κ2) is 6.86. The number of nitrogens with zero attached hydrogens (tertiary/aromatic N) is 1. The summed E-state index contributed by atoms with van der Waals surface area (Å²) in [7, 11) is -0.842. The zero-order chi connectivity index (χ0) is 12.8. The average molecular weight is 319 g/mol. The topological polar surface area (TPSA) is 59.1 Å². The first-order valence-corrected chi connectivity index (χ1v) is 7.64. The van der Waals surface area contributed by atoms with Crippen molar-refractivity contribution in [3.63, 3.8) is 0 Å². The van der Waals surface area contributed by atoms with Crippen molar-refractivity contribution in [2.24, 2.45) is 0 Å². The van der Waals surface area contributed by atoms with Crippen molar-refractivity contribution in [3.05, 3.63) is 28.5 Å². The molecule has 0 aliphatic heterocycles. The van der Waals surface area contributed by atoms with Gasteiger partial charge in [-0.3, -0.25) is 9.00 Å². The molecule has 1 aromatic heterocycles. The molecule has 0 aromatic carbocycles. The minimum absolute atomic E-state index is 0.0967. The Balaban J connectivity index is 2.43. The molecular weight excluding hydrogens is 304 g/mol. The Kier molecular flexibility index (Phi) is 5.77. The second-order valence-electron chi connectivity index (χ2n) is 3.72. The van der Waals surface area contributed by atoms with Crippen molar-refractivity contribution >= 4 is 32.6 Å². The molecule has 2 atom stereocenters. The summed E-state index contributed by atoms with van der Waals surface area (Å²) in [6, 6.07) is 3.32. The number of rotatable bonds is 5. The van der Waals surface area contributed by atoms with E-state index >= 15 is 0 Å². The standard InChI is InChI=1S/C11H15BrN2O2S/c1-8(17(2)16)3-5-14-11(15)9-4-6-13-10(12)7-9/h4,6-8H,3,5H2,1-2H3,(H,14,15). The van der Waals surface area contributed by atoms with Crippen LogP contribution in [0.25, 0.3) is 0 Å². The molecule has 2 unspecified atom stereocenters. The largest absolute Gasteiger partial charge is 0.352 e. The van der Waals surface area contributed by atoms with E-state index in [0.717, 1.165) is 0 Å². The van der Waals surface area contributed by atoms with E-state index in [0.29, 0.717) is 23.1 Å². The SMILES string of the molecule is CC(CCNC(=O)c1ccnc(Br)c1)S(C)=O. The van der Waals surface area contributed by atoms with Crippen LogP contribution in [0.4, 0.5) is 0 Å². The van der Waals surface area contributed by atoms with Gasteiger partial charge in [0.15, 0.2) is 0 Å². The molecule has 1 amide bonds.